The Morgan fingerprint density at radius 1 is 1.00 bits per heavy atom. The number of hydrogen-bond acceptors (Lipinski definition) is 7. The monoisotopic (exact) mass is 290 g/mol. The first kappa shape index (κ1) is 15.2. The van der Waals surface area contributed by atoms with E-state index >= 15 is 0 Å². The Balaban J connectivity index is 2.05. The smallest absolute Gasteiger partial charge is 0.228 e. The fourth-order valence-electron chi connectivity index (χ4n) is 1.96. The van der Waals surface area contributed by atoms with Crippen LogP contribution in [-0.4, -0.2) is 33.2 Å². The van der Waals surface area contributed by atoms with E-state index in [1.165, 1.54) is 0 Å². The van der Waals surface area contributed by atoms with E-state index in [1.54, 1.807) is 0 Å². The minimum Gasteiger partial charge on any atom is -0.370 e. The predicted octanol–water partition coefficient (Wildman–Crippen LogP) is 2.13. The lowest BCUT2D eigenvalue weighted by atomic mass is 10.2. The van der Waals surface area contributed by atoms with Crippen LogP contribution in [0.15, 0.2) is 4.52 Å². The number of hydrogen-bond donors (Lipinski definition) is 2. The molecule has 0 aromatic carbocycles. The molecule has 2 aromatic heterocycles. The summed E-state index contributed by atoms with van der Waals surface area (Å²) in [4.78, 5) is 13.2. The molecule has 2 heterocycles. The molecule has 114 valence electrons. The second kappa shape index (κ2) is 7.01. The first-order valence-electron chi connectivity index (χ1n) is 7.28. The molecule has 2 N–H and O–H groups in total. The van der Waals surface area contributed by atoms with Crippen LogP contribution < -0.4 is 10.6 Å². The normalized spacial score (nSPS) is 10.7. The van der Waals surface area contributed by atoms with Gasteiger partial charge in [0.15, 0.2) is 5.82 Å². The van der Waals surface area contributed by atoms with Crippen molar-refractivity contribution >= 4 is 11.6 Å². The third-order valence-electron chi connectivity index (χ3n) is 3.05. The van der Waals surface area contributed by atoms with Crippen molar-refractivity contribution in [1.82, 2.24) is 20.1 Å². The molecule has 7 nitrogen and oxygen atoms in total. The zero-order valence-corrected chi connectivity index (χ0v) is 13.0. The van der Waals surface area contributed by atoms with Crippen LogP contribution in [0.25, 0.3) is 0 Å². The molecule has 0 saturated carbocycles. The highest BCUT2D eigenvalue weighted by Crippen LogP contribution is 2.20. The summed E-state index contributed by atoms with van der Waals surface area (Å²) >= 11 is 0. The van der Waals surface area contributed by atoms with Crippen LogP contribution in [0.5, 0.6) is 0 Å². The number of aromatic nitrogens is 4. The van der Waals surface area contributed by atoms with Crippen LogP contribution in [0.4, 0.5) is 11.6 Å². The molecule has 0 radical (unpaired) electrons. The summed E-state index contributed by atoms with van der Waals surface area (Å²) in [5, 5.41) is 10.4. The number of nitrogens with zero attached hydrogens (tertiary/aromatic N) is 4. The number of aryl methyl sites for hydroxylation is 2. The molecule has 0 bridgehead atoms. The molecule has 0 fully saturated rings. The Hall–Kier alpha value is -2.18. The Bertz CT molecular complexity index is 595. The Labute approximate surface area is 124 Å². The van der Waals surface area contributed by atoms with Crippen molar-refractivity contribution in [2.45, 2.75) is 40.5 Å². The maximum Gasteiger partial charge on any atom is 0.228 e. The van der Waals surface area contributed by atoms with Gasteiger partial charge in [0.2, 0.25) is 5.89 Å². The molecule has 2 aromatic rings. The maximum absolute atomic E-state index is 5.09. The lowest BCUT2D eigenvalue weighted by Crippen LogP contribution is -2.13. The van der Waals surface area contributed by atoms with E-state index in [2.05, 4.69) is 37.7 Å². The number of rotatable bonds is 7. The van der Waals surface area contributed by atoms with Crippen LogP contribution in [0, 0.1) is 13.8 Å². The van der Waals surface area contributed by atoms with Crippen molar-refractivity contribution in [2.24, 2.45) is 0 Å². The SMILES string of the molecule is CCNc1nc(CC)nc(NCCc2nc(C)no2)c1C. The van der Waals surface area contributed by atoms with Crippen molar-refractivity contribution in [3.63, 3.8) is 0 Å². The Morgan fingerprint density at radius 2 is 1.71 bits per heavy atom. The maximum atomic E-state index is 5.09. The summed E-state index contributed by atoms with van der Waals surface area (Å²) in [5.74, 6) is 3.86. The number of anilines is 2. The summed E-state index contributed by atoms with van der Waals surface area (Å²) in [6.45, 7) is 9.45. The first-order valence-corrected chi connectivity index (χ1v) is 7.28. The molecule has 0 saturated heterocycles. The summed E-state index contributed by atoms with van der Waals surface area (Å²) < 4.78 is 5.09. The van der Waals surface area contributed by atoms with E-state index in [0.717, 1.165) is 36.0 Å². The van der Waals surface area contributed by atoms with Gasteiger partial charge in [-0.25, -0.2) is 9.97 Å². The van der Waals surface area contributed by atoms with E-state index in [1.807, 2.05) is 20.8 Å². The minimum absolute atomic E-state index is 0.634. The second-order valence-corrected chi connectivity index (χ2v) is 4.76. The van der Waals surface area contributed by atoms with E-state index in [-0.39, 0.29) is 0 Å². The first-order chi connectivity index (χ1) is 10.1. The standard InChI is InChI=1S/C14H22N6O/c1-5-11-18-13(15-6-2)9(3)14(19-11)16-8-7-12-17-10(4)20-21-12/h5-8H2,1-4H3,(H2,15,16,18,19). The molecule has 21 heavy (non-hydrogen) atoms. The summed E-state index contributed by atoms with van der Waals surface area (Å²) in [6, 6.07) is 0. The van der Waals surface area contributed by atoms with Gasteiger partial charge in [0.25, 0.3) is 0 Å². The Kier molecular flexibility index (Phi) is 5.08. The fourth-order valence-corrected chi connectivity index (χ4v) is 1.96. The highest BCUT2D eigenvalue weighted by Gasteiger charge is 2.10. The lowest BCUT2D eigenvalue weighted by Gasteiger charge is -2.13. The van der Waals surface area contributed by atoms with Gasteiger partial charge in [-0.15, -0.1) is 0 Å². The Morgan fingerprint density at radius 3 is 2.29 bits per heavy atom. The molecule has 0 amide bonds. The molecular weight excluding hydrogens is 268 g/mol. The van der Waals surface area contributed by atoms with Crippen LogP contribution in [0.1, 0.15) is 37.0 Å². The molecule has 0 spiro atoms. The third-order valence-corrected chi connectivity index (χ3v) is 3.05. The van der Waals surface area contributed by atoms with Crippen LogP contribution in [0.2, 0.25) is 0 Å². The highest BCUT2D eigenvalue weighted by atomic mass is 16.5. The van der Waals surface area contributed by atoms with Gasteiger partial charge in [-0.2, -0.15) is 4.98 Å². The van der Waals surface area contributed by atoms with Gasteiger partial charge in [0.1, 0.15) is 17.5 Å². The molecule has 0 aliphatic carbocycles. The third kappa shape index (κ3) is 3.90. The van der Waals surface area contributed by atoms with Gasteiger partial charge < -0.3 is 15.2 Å². The molecule has 0 atom stereocenters. The van der Waals surface area contributed by atoms with Crippen LogP contribution in [0.3, 0.4) is 0 Å². The zero-order chi connectivity index (χ0) is 15.2. The van der Waals surface area contributed by atoms with Gasteiger partial charge in [-0.1, -0.05) is 12.1 Å². The van der Waals surface area contributed by atoms with Gasteiger partial charge in [0, 0.05) is 31.5 Å². The van der Waals surface area contributed by atoms with Gasteiger partial charge in [-0.05, 0) is 20.8 Å². The lowest BCUT2D eigenvalue weighted by molar-refractivity contribution is 0.377. The fraction of sp³-hybridized carbons (Fsp3) is 0.571. The summed E-state index contributed by atoms with van der Waals surface area (Å²) in [6.07, 6.45) is 1.47. The highest BCUT2D eigenvalue weighted by molar-refractivity contribution is 5.57. The van der Waals surface area contributed by atoms with Gasteiger partial charge in [-0.3, -0.25) is 0 Å². The second-order valence-electron chi connectivity index (χ2n) is 4.76. The molecule has 0 aliphatic rings. The van der Waals surface area contributed by atoms with E-state index in [9.17, 15) is 0 Å². The molecule has 2 rings (SSSR count). The van der Waals surface area contributed by atoms with E-state index in [0.29, 0.717) is 24.7 Å². The van der Waals surface area contributed by atoms with Crippen molar-refractivity contribution in [2.75, 3.05) is 23.7 Å². The molecular formula is C14H22N6O. The van der Waals surface area contributed by atoms with Gasteiger partial charge in [0.05, 0.1) is 0 Å². The average Bonchev–Trinajstić information content (AvgIpc) is 2.88. The summed E-state index contributed by atoms with van der Waals surface area (Å²) in [5.41, 5.74) is 1.02. The topological polar surface area (TPSA) is 88.8 Å². The van der Waals surface area contributed by atoms with E-state index in [4.69, 9.17) is 4.52 Å². The van der Waals surface area contributed by atoms with E-state index < -0.39 is 0 Å². The predicted molar refractivity (Wildman–Crippen MR) is 81.5 cm³/mol. The minimum atomic E-state index is 0.634. The molecule has 7 heteroatoms. The number of nitrogens with one attached hydrogen (secondary N) is 2. The van der Waals surface area contributed by atoms with Crippen LogP contribution >= 0.6 is 0 Å². The zero-order valence-electron chi connectivity index (χ0n) is 13.0. The molecule has 0 aliphatic heterocycles. The largest absolute Gasteiger partial charge is 0.370 e. The molecule has 0 unspecified atom stereocenters. The van der Waals surface area contributed by atoms with Crippen LogP contribution in [-0.2, 0) is 12.8 Å². The average molecular weight is 290 g/mol. The van der Waals surface area contributed by atoms with Crippen molar-refractivity contribution in [1.29, 1.82) is 0 Å². The van der Waals surface area contributed by atoms with Crippen molar-refractivity contribution in [3.05, 3.63) is 23.1 Å². The quantitative estimate of drug-likeness (QED) is 0.807. The van der Waals surface area contributed by atoms with Crippen molar-refractivity contribution < 1.29 is 4.52 Å². The van der Waals surface area contributed by atoms with Crippen molar-refractivity contribution in [3.8, 4) is 0 Å². The summed E-state index contributed by atoms with van der Waals surface area (Å²) in [7, 11) is 0. The van der Waals surface area contributed by atoms with Gasteiger partial charge >= 0.3 is 0 Å².